The molecule has 0 aliphatic carbocycles. The van der Waals surface area contributed by atoms with Gasteiger partial charge in [0.1, 0.15) is 11.5 Å². The van der Waals surface area contributed by atoms with E-state index in [-0.39, 0.29) is 5.92 Å². The first kappa shape index (κ1) is 11.7. The van der Waals surface area contributed by atoms with Crippen LogP contribution in [0.1, 0.15) is 12.8 Å². The molecule has 1 atom stereocenters. The van der Waals surface area contributed by atoms with E-state index in [2.05, 4.69) is 15.1 Å². The molecule has 0 fully saturated rings. The lowest BCUT2D eigenvalue weighted by atomic mass is 10.1. The van der Waals surface area contributed by atoms with Crippen LogP contribution in [0.3, 0.4) is 0 Å². The van der Waals surface area contributed by atoms with Gasteiger partial charge in [-0.2, -0.15) is 4.98 Å². The van der Waals surface area contributed by atoms with Gasteiger partial charge >= 0.3 is 0 Å². The summed E-state index contributed by atoms with van der Waals surface area (Å²) in [6.07, 6.45) is 1.75. The summed E-state index contributed by atoms with van der Waals surface area (Å²) in [6.45, 7) is 2.56. The molecule has 0 saturated carbocycles. The predicted molar refractivity (Wildman–Crippen MR) is 59.4 cm³/mol. The minimum atomic E-state index is -0.394. The zero-order valence-corrected chi connectivity index (χ0v) is 9.43. The molecule has 0 saturated heterocycles. The van der Waals surface area contributed by atoms with Crippen LogP contribution in [-0.4, -0.2) is 21.7 Å². The fourth-order valence-corrected chi connectivity index (χ4v) is 1.33. The molecule has 0 aliphatic heterocycles. The molecular weight excluding hydrogens is 223 g/mol. The van der Waals surface area contributed by atoms with Gasteiger partial charge in [0, 0.05) is 6.42 Å². The molecule has 0 amide bonds. The summed E-state index contributed by atoms with van der Waals surface area (Å²) in [6, 6.07) is 2.82. The average Bonchev–Trinajstić information content (AvgIpc) is 2.78. The number of pyridine rings is 1. The standard InChI is InChI=1S/C11H13FN4O/c1-7(5-13)4-10-15-11(16-17-10)9-3-2-8(12)6-14-9/h2-3,6-7H,4-5,13H2,1H3. The fourth-order valence-electron chi connectivity index (χ4n) is 1.33. The lowest BCUT2D eigenvalue weighted by molar-refractivity contribution is 0.359. The molecule has 0 spiro atoms. The highest BCUT2D eigenvalue weighted by Crippen LogP contribution is 2.14. The molecule has 5 nitrogen and oxygen atoms in total. The highest BCUT2D eigenvalue weighted by Gasteiger charge is 2.12. The Hall–Kier alpha value is -1.82. The fraction of sp³-hybridized carbons (Fsp3) is 0.364. The summed E-state index contributed by atoms with van der Waals surface area (Å²) in [7, 11) is 0. The number of rotatable bonds is 4. The molecule has 2 aromatic heterocycles. The number of hydrogen-bond acceptors (Lipinski definition) is 5. The summed E-state index contributed by atoms with van der Waals surface area (Å²) in [4.78, 5) is 8.06. The Labute approximate surface area is 97.9 Å². The van der Waals surface area contributed by atoms with Gasteiger partial charge in [-0.3, -0.25) is 0 Å². The van der Waals surface area contributed by atoms with Crippen LogP contribution < -0.4 is 5.73 Å². The molecule has 1 unspecified atom stereocenters. The number of nitrogens with zero attached hydrogens (tertiary/aromatic N) is 3. The van der Waals surface area contributed by atoms with E-state index in [1.54, 1.807) is 0 Å². The highest BCUT2D eigenvalue weighted by atomic mass is 19.1. The molecule has 0 bridgehead atoms. The Morgan fingerprint density at radius 3 is 2.94 bits per heavy atom. The van der Waals surface area contributed by atoms with Crippen LogP contribution in [0, 0.1) is 11.7 Å². The van der Waals surface area contributed by atoms with Crippen molar-refractivity contribution in [1.82, 2.24) is 15.1 Å². The molecule has 0 aromatic carbocycles. The van der Waals surface area contributed by atoms with Crippen molar-refractivity contribution in [3.8, 4) is 11.5 Å². The van der Waals surface area contributed by atoms with E-state index in [0.717, 1.165) is 6.20 Å². The van der Waals surface area contributed by atoms with E-state index in [1.165, 1.54) is 12.1 Å². The first-order valence-corrected chi connectivity index (χ1v) is 5.33. The molecule has 6 heteroatoms. The second-order valence-corrected chi connectivity index (χ2v) is 3.92. The molecule has 2 aromatic rings. The lowest BCUT2D eigenvalue weighted by Crippen LogP contribution is -2.13. The largest absolute Gasteiger partial charge is 0.339 e. The maximum Gasteiger partial charge on any atom is 0.227 e. The molecule has 0 aliphatic rings. The van der Waals surface area contributed by atoms with E-state index in [1.807, 2.05) is 6.92 Å². The minimum absolute atomic E-state index is 0.282. The third-order valence-electron chi connectivity index (χ3n) is 2.35. The van der Waals surface area contributed by atoms with E-state index in [4.69, 9.17) is 10.3 Å². The van der Waals surface area contributed by atoms with Crippen LogP contribution in [0.15, 0.2) is 22.9 Å². The van der Waals surface area contributed by atoms with Gasteiger partial charge in [-0.15, -0.1) is 0 Å². The zero-order chi connectivity index (χ0) is 12.3. The van der Waals surface area contributed by atoms with Crippen LogP contribution in [0.4, 0.5) is 4.39 Å². The predicted octanol–water partition coefficient (Wildman–Crippen LogP) is 1.41. The van der Waals surface area contributed by atoms with E-state index in [9.17, 15) is 4.39 Å². The smallest absolute Gasteiger partial charge is 0.227 e. The Morgan fingerprint density at radius 2 is 2.29 bits per heavy atom. The monoisotopic (exact) mass is 236 g/mol. The zero-order valence-electron chi connectivity index (χ0n) is 9.43. The van der Waals surface area contributed by atoms with Crippen molar-refractivity contribution < 1.29 is 8.91 Å². The van der Waals surface area contributed by atoms with Crippen LogP contribution >= 0.6 is 0 Å². The summed E-state index contributed by atoms with van der Waals surface area (Å²) < 4.78 is 17.8. The van der Waals surface area contributed by atoms with Crippen LogP contribution in [0.2, 0.25) is 0 Å². The van der Waals surface area contributed by atoms with Crippen LogP contribution in [-0.2, 0) is 6.42 Å². The van der Waals surface area contributed by atoms with Crippen molar-refractivity contribution in [2.45, 2.75) is 13.3 Å². The van der Waals surface area contributed by atoms with Crippen molar-refractivity contribution >= 4 is 0 Å². The number of aromatic nitrogens is 3. The maximum atomic E-state index is 12.7. The van der Waals surface area contributed by atoms with E-state index >= 15 is 0 Å². The van der Waals surface area contributed by atoms with Gasteiger partial charge < -0.3 is 10.3 Å². The molecular formula is C11H13FN4O. The molecule has 2 N–H and O–H groups in total. The molecule has 17 heavy (non-hydrogen) atoms. The van der Waals surface area contributed by atoms with Gasteiger partial charge in [-0.25, -0.2) is 9.37 Å². The van der Waals surface area contributed by atoms with Gasteiger partial charge in [0.15, 0.2) is 0 Å². The van der Waals surface area contributed by atoms with Gasteiger partial charge in [0.05, 0.1) is 6.20 Å². The second-order valence-electron chi connectivity index (χ2n) is 3.92. The lowest BCUT2D eigenvalue weighted by Gasteiger charge is -2.01. The Balaban J connectivity index is 2.15. The third kappa shape index (κ3) is 2.85. The number of halogens is 1. The SMILES string of the molecule is CC(CN)Cc1nc(-c2ccc(F)cn2)no1. The summed E-state index contributed by atoms with van der Waals surface area (Å²) in [5.74, 6) is 0.770. The molecule has 90 valence electrons. The second kappa shape index (κ2) is 5.01. The van der Waals surface area contributed by atoms with Crippen molar-refractivity contribution in [2.24, 2.45) is 11.7 Å². The average molecular weight is 236 g/mol. The van der Waals surface area contributed by atoms with E-state index in [0.29, 0.717) is 30.4 Å². The van der Waals surface area contributed by atoms with Crippen molar-refractivity contribution in [2.75, 3.05) is 6.54 Å². The quantitative estimate of drug-likeness (QED) is 0.868. The van der Waals surface area contributed by atoms with Gasteiger partial charge in [-0.05, 0) is 24.6 Å². The maximum absolute atomic E-state index is 12.7. The normalized spacial score (nSPS) is 12.6. The molecule has 0 radical (unpaired) electrons. The van der Waals surface area contributed by atoms with Crippen molar-refractivity contribution in [1.29, 1.82) is 0 Å². The van der Waals surface area contributed by atoms with Crippen molar-refractivity contribution in [3.63, 3.8) is 0 Å². The Morgan fingerprint density at radius 1 is 1.47 bits per heavy atom. The Kier molecular flexibility index (Phi) is 3.43. The van der Waals surface area contributed by atoms with Gasteiger partial charge in [0.2, 0.25) is 11.7 Å². The van der Waals surface area contributed by atoms with Crippen LogP contribution in [0.5, 0.6) is 0 Å². The summed E-state index contributed by atoms with van der Waals surface area (Å²) in [5.41, 5.74) is 6.00. The van der Waals surface area contributed by atoms with Crippen molar-refractivity contribution in [3.05, 3.63) is 30.0 Å². The first-order chi connectivity index (χ1) is 8.19. The minimum Gasteiger partial charge on any atom is -0.339 e. The Bertz CT molecular complexity index is 482. The third-order valence-corrected chi connectivity index (χ3v) is 2.35. The van der Waals surface area contributed by atoms with Crippen LogP contribution in [0.25, 0.3) is 11.5 Å². The summed E-state index contributed by atoms with van der Waals surface area (Å²) in [5, 5.41) is 3.79. The number of nitrogens with two attached hydrogens (primary N) is 1. The summed E-state index contributed by atoms with van der Waals surface area (Å²) >= 11 is 0. The topological polar surface area (TPSA) is 77.8 Å². The number of hydrogen-bond donors (Lipinski definition) is 1. The molecule has 2 heterocycles. The molecule has 2 rings (SSSR count). The van der Waals surface area contributed by atoms with E-state index < -0.39 is 5.82 Å². The highest BCUT2D eigenvalue weighted by molar-refractivity contribution is 5.47. The van der Waals surface area contributed by atoms with Gasteiger partial charge in [0.25, 0.3) is 0 Å². The first-order valence-electron chi connectivity index (χ1n) is 5.33. The van der Waals surface area contributed by atoms with Gasteiger partial charge in [-0.1, -0.05) is 12.1 Å².